The zero-order chi connectivity index (χ0) is 19.8. The van der Waals surface area contributed by atoms with Crippen LogP contribution >= 0.6 is 0 Å². The second-order valence-electron chi connectivity index (χ2n) is 10.7. The summed E-state index contributed by atoms with van der Waals surface area (Å²) in [5.41, 5.74) is 3.40. The molecule has 2 nitrogen and oxygen atoms in total. The zero-order valence-electron chi connectivity index (χ0n) is 18.2. The Labute approximate surface area is 162 Å². The highest BCUT2D eigenvalue weighted by Gasteiger charge is 2.52. The second kappa shape index (κ2) is 7.65. The molecule has 0 N–H and O–H groups in total. The van der Waals surface area contributed by atoms with Crippen LogP contribution in [0.4, 0.5) is 0 Å². The van der Waals surface area contributed by atoms with E-state index >= 15 is 0 Å². The summed E-state index contributed by atoms with van der Waals surface area (Å²) in [5, 5.41) is 0. The Morgan fingerprint density at radius 3 is 2.54 bits per heavy atom. The Morgan fingerprint density at radius 2 is 1.92 bits per heavy atom. The van der Waals surface area contributed by atoms with Gasteiger partial charge in [-0.25, -0.2) is 4.79 Å². The quantitative estimate of drug-likeness (QED) is 0.297. The van der Waals surface area contributed by atoms with E-state index in [0.717, 1.165) is 24.3 Å². The molecule has 3 unspecified atom stereocenters. The van der Waals surface area contributed by atoms with Crippen LogP contribution in [0.3, 0.4) is 0 Å². The molecule has 3 atom stereocenters. The first-order chi connectivity index (χ1) is 11.8. The van der Waals surface area contributed by atoms with E-state index in [1.54, 1.807) is 6.08 Å². The van der Waals surface area contributed by atoms with Crippen molar-refractivity contribution in [2.75, 3.05) is 0 Å². The van der Waals surface area contributed by atoms with Gasteiger partial charge in [0.25, 0.3) is 0 Å². The van der Waals surface area contributed by atoms with Gasteiger partial charge in [0.2, 0.25) is 8.32 Å². The number of rotatable bonds is 5. The van der Waals surface area contributed by atoms with Crippen molar-refractivity contribution in [2.45, 2.75) is 92.3 Å². The molecule has 2 saturated carbocycles. The Kier molecular flexibility index (Phi) is 6.32. The topological polar surface area (TPSA) is 26.3 Å². The fourth-order valence-electron chi connectivity index (χ4n) is 5.78. The molecule has 148 valence electrons. The van der Waals surface area contributed by atoms with Gasteiger partial charge in [-0.15, -0.1) is 0 Å². The van der Waals surface area contributed by atoms with Crippen LogP contribution in [-0.4, -0.2) is 14.3 Å². The van der Waals surface area contributed by atoms with Gasteiger partial charge < -0.3 is 4.43 Å². The lowest BCUT2D eigenvalue weighted by Gasteiger charge is -2.58. The van der Waals surface area contributed by atoms with E-state index in [0.29, 0.717) is 16.7 Å². The summed E-state index contributed by atoms with van der Waals surface area (Å²) in [7, 11) is -1.81. The molecule has 0 radical (unpaired) electrons. The maximum Gasteiger partial charge on any atom is 0.317 e. The van der Waals surface area contributed by atoms with Crippen LogP contribution in [0.1, 0.15) is 72.6 Å². The summed E-state index contributed by atoms with van der Waals surface area (Å²) in [6.45, 7) is 20.1. The number of allylic oxidation sites excluding steroid dienone is 2. The van der Waals surface area contributed by atoms with Crippen molar-refractivity contribution < 1.29 is 9.22 Å². The van der Waals surface area contributed by atoms with E-state index in [2.05, 4.69) is 34.3 Å². The Balaban J connectivity index is 2.07. The van der Waals surface area contributed by atoms with Gasteiger partial charge in [0, 0.05) is 6.08 Å². The normalized spacial score (nSPS) is 32.1. The minimum atomic E-state index is -1.81. The monoisotopic (exact) mass is 376 g/mol. The van der Waals surface area contributed by atoms with Gasteiger partial charge in [-0.05, 0) is 87.8 Å². The van der Waals surface area contributed by atoms with Gasteiger partial charge >= 0.3 is 5.97 Å². The van der Waals surface area contributed by atoms with Gasteiger partial charge in [0.05, 0.1) is 0 Å². The molecule has 26 heavy (non-hydrogen) atoms. The first kappa shape index (κ1) is 21.5. The molecule has 0 aromatic heterocycles. The second-order valence-corrected chi connectivity index (χ2v) is 15.1. The van der Waals surface area contributed by atoms with Gasteiger partial charge in [-0.2, -0.15) is 0 Å². The maximum absolute atomic E-state index is 12.1. The van der Waals surface area contributed by atoms with Crippen molar-refractivity contribution in [1.29, 1.82) is 0 Å². The van der Waals surface area contributed by atoms with Crippen molar-refractivity contribution in [1.82, 2.24) is 0 Å². The van der Waals surface area contributed by atoms with Gasteiger partial charge in [0.15, 0.2) is 0 Å². The van der Waals surface area contributed by atoms with E-state index in [1.807, 2.05) is 19.6 Å². The van der Waals surface area contributed by atoms with Gasteiger partial charge in [-0.1, -0.05) is 44.9 Å². The molecule has 2 aliphatic rings. The van der Waals surface area contributed by atoms with Crippen molar-refractivity contribution in [3.8, 4) is 0 Å². The molecule has 2 aliphatic carbocycles. The molecule has 0 heterocycles. The lowest BCUT2D eigenvalue weighted by Crippen LogP contribution is -2.49. The Bertz CT molecular complexity index is 582. The fraction of sp³-hybridized carbons (Fsp3) is 0.783. The molecule has 0 amide bonds. The third-order valence-corrected chi connectivity index (χ3v) is 7.73. The minimum Gasteiger partial charge on any atom is -0.517 e. The third-order valence-electron chi connectivity index (χ3n) is 6.92. The molecule has 0 aliphatic heterocycles. The largest absolute Gasteiger partial charge is 0.517 e. The number of hydrogen-bond acceptors (Lipinski definition) is 2. The highest BCUT2D eigenvalue weighted by atomic mass is 28.4. The lowest BCUT2D eigenvalue weighted by molar-refractivity contribution is -0.129. The molecule has 0 bridgehead atoms. The van der Waals surface area contributed by atoms with E-state index in [4.69, 9.17) is 4.43 Å². The van der Waals surface area contributed by atoms with Crippen LogP contribution in [0.2, 0.25) is 19.6 Å². The van der Waals surface area contributed by atoms with E-state index in [-0.39, 0.29) is 5.97 Å². The average molecular weight is 377 g/mol. The van der Waals surface area contributed by atoms with Gasteiger partial charge in [-0.3, -0.25) is 0 Å². The van der Waals surface area contributed by atoms with Crippen molar-refractivity contribution in [2.24, 2.45) is 22.7 Å². The standard InChI is InChI=1S/C23H40O2Si/c1-17(16-21(24)25-26(6,7)8)10-12-19-18(2)11-13-20-22(3,4)14-9-15-23(19,20)5/h16,19-20H,2,9-15H2,1,3-8H3/b17-16+. The van der Waals surface area contributed by atoms with Crippen molar-refractivity contribution in [3.05, 3.63) is 23.8 Å². The van der Waals surface area contributed by atoms with Crippen LogP contribution < -0.4 is 0 Å². The molecular weight excluding hydrogens is 336 g/mol. The highest BCUT2D eigenvalue weighted by Crippen LogP contribution is 2.61. The Hall–Kier alpha value is -0.833. The summed E-state index contributed by atoms with van der Waals surface area (Å²) < 4.78 is 5.56. The number of carbonyl (C=O) groups is 1. The molecule has 3 heteroatoms. The first-order valence-corrected chi connectivity index (χ1v) is 13.8. The van der Waals surface area contributed by atoms with Crippen LogP contribution in [0.5, 0.6) is 0 Å². The summed E-state index contributed by atoms with van der Waals surface area (Å²) in [6.07, 6.45) is 10.3. The molecule has 0 aromatic rings. The van der Waals surface area contributed by atoms with E-state index in [9.17, 15) is 4.79 Å². The highest BCUT2D eigenvalue weighted by molar-refractivity contribution is 6.71. The first-order valence-electron chi connectivity index (χ1n) is 10.4. The fourth-order valence-corrected chi connectivity index (χ4v) is 6.45. The van der Waals surface area contributed by atoms with Crippen molar-refractivity contribution >= 4 is 14.3 Å². The Morgan fingerprint density at radius 1 is 1.27 bits per heavy atom. The molecule has 2 fully saturated rings. The van der Waals surface area contributed by atoms with Gasteiger partial charge in [0.1, 0.15) is 0 Å². The minimum absolute atomic E-state index is 0.160. The average Bonchev–Trinajstić information content (AvgIpc) is 2.43. The predicted octanol–water partition coefficient (Wildman–Crippen LogP) is 6.89. The third kappa shape index (κ3) is 4.91. The lowest BCUT2D eigenvalue weighted by atomic mass is 9.47. The SMILES string of the molecule is C=C1CCC2C(C)(C)CCCC2(C)C1CC/C(C)=C/C(=O)O[Si](C)(C)C. The maximum atomic E-state index is 12.1. The van der Waals surface area contributed by atoms with E-state index in [1.165, 1.54) is 37.7 Å². The van der Waals surface area contributed by atoms with Crippen LogP contribution in [0.25, 0.3) is 0 Å². The predicted molar refractivity (Wildman–Crippen MR) is 114 cm³/mol. The smallest absolute Gasteiger partial charge is 0.317 e. The van der Waals surface area contributed by atoms with Crippen LogP contribution in [0.15, 0.2) is 23.8 Å². The summed E-state index contributed by atoms with van der Waals surface area (Å²) in [6, 6.07) is 0. The molecule has 0 saturated heterocycles. The van der Waals surface area contributed by atoms with Crippen LogP contribution in [0, 0.1) is 22.7 Å². The molecule has 0 aromatic carbocycles. The molecular formula is C23H40O2Si. The molecule has 2 rings (SSSR count). The number of hydrogen-bond donors (Lipinski definition) is 0. The number of carbonyl (C=O) groups excluding carboxylic acids is 1. The van der Waals surface area contributed by atoms with Crippen LogP contribution in [-0.2, 0) is 9.22 Å². The molecule has 0 spiro atoms. The summed E-state index contributed by atoms with van der Waals surface area (Å²) >= 11 is 0. The summed E-state index contributed by atoms with van der Waals surface area (Å²) in [5.74, 6) is 1.21. The zero-order valence-corrected chi connectivity index (χ0v) is 19.2. The van der Waals surface area contributed by atoms with Crippen molar-refractivity contribution in [3.63, 3.8) is 0 Å². The van der Waals surface area contributed by atoms with E-state index < -0.39 is 8.32 Å². The summed E-state index contributed by atoms with van der Waals surface area (Å²) in [4.78, 5) is 12.1. The number of fused-ring (bicyclic) bond motifs is 1.